The summed E-state index contributed by atoms with van der Waals surface area (Å²) < 4.78 is 2.53. The molecule has 0 aromatic heterocycles. The van der Waals surface area contributed by atoms with E-state index in [1.54, 1.807) is 11.4 Å². The van der Waals surface area contributed by atoms with Crippen LogP contribution in [0.5, 0.6) is 0 Å². The molecule has 0 amide bonds. The van der Waals surface area contributed by atoms with Gasteiger partial charge in [0, 0.05) is 38.8 Å². The molecule has 25 heavy (non-hydrogen) atoms. The topological polar surface area (TPSA) is 0 Å². The highest BCUT2D eigenvalue weighted by Crippen LogP contribution is 2.45. The molecule has 0 saturated carbocycles. The molecule has 0 radical (unpaired) electrons. The van der Waals surface area contributed by atoms with E-state index in [0.717, 1.165) is 0 Å². The quantitative estimate of drug-likeness (QED) is 0.656. The van der Waals surface area contributed by atoms with E-state index in [0.29, 0.717) is 0 Å². The summed E-state index contributed by atoms with van der Waals surface area (Å²) in [4.78, 5) is 0. The number of rotatable bonds is 4. The third-order valence-electron chi connectivity index (χ3n) is 7.26. The van der Waals surface area contributed by atoms with Crippen molar-refractivity contribution in [1.29, 1.82) is 0 Å². The highest BCUT2D eigenvalue weighted by molar-refractivity contribution is 6.79. The SMILES string of the molecule is C[Si](C)([N+]1(c2ccccc2)CCCC1)[N+]1(c2ccccc2)CCCC1. The normalized spacial score (nSPS) is 22.2. The molecule has 2 saturated heterocycles. The van der Waals surface area contributed by atoms with Gasteiger partial charge in [0.2, 0.25) is 0 Å². The van der Waals surface area contributed by atoms with Crippen LogP contribution in [-0.4, -0.2) is 34.6 Å². The van der Waals surface area contributed by atoms with Crippen molar-refractivity contribution in [3.8, 4) is 0 Å². The fourth-order valence-corrected chi connectivity index (χ4v) is 10.9. The Morgan fingerprint density at radius 1 is 0.560 bits per heavy atom. The van der Waals surface area contributed by atoms with Crippen molar-refractivity contribution >= 4 is 19.8 Å². The van der Waals surface area contributed by atoms with Gasteiger partial charge in [-0.3, -0.25) is 0 Å². The zero-order chi connectivity index (χ0) is 17.4. The van der Waals surface area contributed by atoms with E-state index in [1.807, 2.05) is 0 Å². The van der Waals surface area contributed by atoms with Gasteiger partial charge in [-0.2, -0.15) is 0 Å². The lowest BCUT2D eigenvalue weighted by atomic mass is 10.3. The standard InChI is InChI=1S/C22H32N2Si/c1-25(2,23(17-9-10-18-23)21-13-5-3-6-14-21)24(19-11-12-20-24)22-15-7-4-8-16-22/h3-8,13-16H,9-12,17-20H2,1-2H3/q+2. The Bertz CT molecular complexity index is 638. The summed E-state index contributed by atoms with van der Waals surface area (Å²) in [6, 6.07) is 22.9. The zero-order valence-corrected chi connectivity index (χ0v) is 16.8. The van der Waals surface area contributed by atoms with Crippen LogP contribution < -0.4 is 8.30 Å². The predicted octanol–water partition coefficient (Wildman–Crippen LogP) is 5.29. The molecule has 132 valence electrons. The van der Waals surface area contributed by atoms with Gasteiger partial charge in [-0.25, -0.2) is 0 Å². The number of hydrogen-bond acceptors (Lipinski definition) is 0. The Morgan fingerprint density at radius 3 is 1.20 bits per heavy atom. The maximum atomic E-state index is 2.68. The Balaban J connectivity index is 1.88. The third kappa shape index (κ3) is 2.44. The third-order valence-corrected chi connectivity index (χ3v) is 12.9. The fraction of sp³-hybridized carbons (Fsp3) is 0.455. The summed E-state index contributed by atoms with van der Waals surface area (Å²) in [6.07, 6.45) is 5.50. The molecular formula is C22H32N2Si+2. The highest BCUT2D eigenvalue weighted by Gasteiger charge is 2.67. The summed E-state index contributed by atoms with van der Waals surface area (Å²) in [7, 11) is -1.74. The van der Waals surface area contributed by atoms with Crippen molar-refractivity contribution < 1.29 is 0 Å². The van der Waals surface area contributed by atoms with Gasteiger partial charge in [0.15, 0.2) is 0 Å². The smallest absolute Gasteiger partial charge is 0.303 e. The van der Waals surface area contributed by atoms with E-state index in [1.165, 1.54) is 60.2 Å². The highest BCUT2D eigenvalue weighted by atomic mass is 28.3. The summed E-state index contributed by atoms with van der Waals surface area (Å²) in [6.45, 7) is 10.7. The van der Waals surface area contributed by atoms with Gasteiger partial charge in [-0.1, -0.05) is 36.4 Å². The molecule has 2 aromatic rings. The minimum atomic E-state index is -1.74. The minimum absolute atomic E-state index is 1.27. The molecule has 0 N–H and O–H groups in total. The first kappa shape index (κ1) is 17.0. The number of nitrogens with zero attached hydrogens (tertiary/aromatic N) is 2. The molecule has 0 unspecified atom stereocenters. The Hall–Kier alpha value is -1.42. The van der Waals surface area contributed by atoms with Gasteiger partial charge in [-0.15, -0.1) is 0 Å². The van der Waals surface area contributed by atoms with Gasteiger partial charge in [0.1, 0.15) is 11.4 Å². The van der Waals surface area contributed by atoms with Crippen molar-refractivity contribution in [3.63, 3.8) is 0 Å². The second-order valence-corrected chi connectivity index (χ2v) is 13.1. The lowest BCUT2D eigenvalue weighted by Gasteiger charge is -2.53. The Kier molecular flexibility index (Phi) is 4.34. The average molecular weight is 353 g/mol. The molecule has 0 aliphatic carbocycles. The second kappa shape index (κ2) is 6.38. The molecule has 2 fully saturated rings. The van der Waals surface area contributed by atoms with Crippen LogP contribution in [0.1, 0.15) is 25.7 Å². The number of para-hydroxylation sites is 2. The second-order valence-electron chi connectivity index (χ2n) is 8.41. The van der Waals surface area contributed by atoms with Gasteiger partial charge in [0.05, 0.1) is 26.2 Å². The van der Waals surface area contributed by atoms with Gasteiger partial charge in [0.25, 0.3) is 0 Å². The molecule has 0 spiro atoms. The van der Waals surface area contributed by atoms with Crippen LogP contribution >= 0.6 is 0 Å². The van der Waals surface area contributed by atoms with Crippen molar-refractivity contribution in [2.45, 2.75) is 38.8 Å². The van der Waals surface area contributed by atoms with Crippen molar-refractivity contribution in [3.05, 3.63) is 60.7 Å². The molecule has 2 heterocycles. The van der Waals surface area contributed by atoms with Crippen LogP contribution in [0.25, 0.3) is 0 Å². The monoisotopic (exact) mass is 352 g/mol. The van der Waals surface area contributed by atoms with Crippen LogP contribution in [-0.2, 0) is 0 Å². The van der Waals surface area contributed by atoms with E-state index < -0.39 is 8.40 Å². The molecule has 0 atom stereocenters. The number of quaternary nitrogens is 2. The molecule has 2 aliphatic heterocycles. The zero-order valence-electron chi connectivity index (χ0n) is 15.8. The Labute approximate surface area is 154 Å². The average Bonchev–Trinajstić information content (AvgIpc) is 3.35. The molecule has 2 aliphatic rings. The first-order valence-corrected chi connectivity index (χ1v) is 12.9. The van der Waals surface area contributed by atoms with Gasteiger partial charge in [-0.05, 0) is 24.3 Å². The van der Waals surface area contributed by atoms with Gasteiger partial charge >= 0.3 is 8.40 Å². The number of hydrogen-bond donors (Lipinski definition) is 0. The van der Waals surface area contributed by atoms with Crippen molar-refractivity contribution in [1.82, 2.24) is 8.30 Å². The fourth-order valence-electron chi connectivity index (χ4n) is 5.79. The van der Waals surface area contributed by atoms with E-state index in [9.17, 15) is 0 Å². The van der Waals surface area contributed by atoms with Crippen LogP contribution in [0.2, 0.25) is 13.1 Å². The van der Waals surface area contributed by atoms with Crippen LogP contribution in [0.15, 0.2) is 60.7 Å². The van der Waals surface area contributed by atoms with Crippen LogP contribution in [0.3, 0.4) is 0 Å². The van der Waals surface area contributed by atoms with Crippen LogP contribution in [0.4, 0.5) is 11.4 Å². The molecular weight excluding hydrogens is 320 g/mol. The van der Waals surface area contributed by atoms with Crippen LogP contribution in [0, 0.1) is 0 Å². The molecule has 3 heteroatoms. The van der Waals surface area contributed by atoms with E-state index in [-0.39, 0.29) is 0 Å². The Morgan fingerprint density at radius 2 is 0.880 bits per heavy atom. The lowest BCUT2D eigenvalue weighted by Crippen LogP contribution is -2.81. The summed E-state index contributed by atoms with van der Waals surface area (Å²) in [5.74, 6) is 0. The molecule has 2 aromatic carbocycles. The molecule has 2 nitrogen and oxygen atoms in total. The lowest BCUT2D eigenvalue weighted by molar-refractivity contribution is 0.394. The first-order valence-electron chi connectivity index (χ1n) is 9.98. The first-order chi connectivity index (χ1) is 12.1. The minimum Gasteiger partial charge on any atom is -0.303 e. The summed E-state index contributed by atoms with van der Waals surface area (Å²) >= 11 is 0. The maximum absolute atomic E-state index is 2.68. The summed E-state index contributed by atoms with van der Waals surface area (Å²) in [5, 5.41) is 0. The maximum Gasteiger partial charge on any atom is 0.525 e. The van der Waals surface area contributed by atoms with E-state index in [4.69, 9.17) is 0 Å². The summed E-state index contributed by atoms with van der Waals surface area (Å²) in [5.41, 5.74) is 3.13. The van der Waals surface area contributed by atoms with E-state index >= 15 is 0 Å². The molecule has 4 rings (SSSR count). The predicted molar refractivity (Wildman–Crippen MR) is 112 cm³/mol. The van der Waals surface area contributed by atoms with Crippen molar-refractivity contribution in [2.24, 2.45) is 0 Å². The van der Waals surface area contributed by atoms with Gasteiger partial charge < -0.3 is 8.30 Å². The largest absolute Gasteiger partial charge is 0.525 e. The van der Waals surface area contributed by atoms with E-state index in [2.05, 4.69) is 73.8 Å². The molecule has 0 bridgehead atoms. The number of benzene rings is 2. The van der Waals surface area contributed by atoms with Crippen molar-refractivity contribution in [2.75, 3.05) is 26.2 Å².